The number of anilines is 1. The summed E-state index contributed by atoms with van der Waals surface area (Å²) in [6, 6.07) is 14.0. The topological polar surface area (TPSA) is 35.6 Å². The van der Waals surface area contributed by atoms with Gasteiger partial charge in [-0.25, -0.2) is 0 Å². The van der Waals surface area contributed by atoms with Crippen LogP contribution in [0.3, 0.4) is 0 Å². The van der Waals surface area contributed by atoms with Gasteiger partial charge in [-0.3, -0.25) is 9.69 Å². The summed E-state index contributed by atoms with van der Waals surface area (Å²) in [4.78, 5) is 17.0. The van der Waals surface area contributed by atoms with E-state index in [1.807, 2.05) is 32.3 Å². The Bertz CT molecular complexity index is 800. The highest BCUT2D eigenvalue weighted by Gasteiger charge is 2.24. The fraction of sp³-hybridized carbons (Fsp3) is 0.409. The van der Waals surface area contributed by atoms with Crippen LogP contribution in [0, 0.1) is 5.92 Å². The molecular weight excluding hydrogens is 393 g/mol. The molecule has 150 valence electrons. The van der Waals surface area contributed by atoms with E-state index in [4.69, 9.17) is 23.2 Å². The van der Waals surface area contributed by atoms with E-state index in [9.17, 15) is 4.79 Å². The van der Waals surface area contributed by atoms with E-state index < -0.39 is 0 Å². The number of halogens is 2. The number of hydrogen-bond acceptors (Lipinski definition) is 3. The molecule has 1 fully saturated rings. The first-order valence-electron chi connectivity index (χ1n) is 9.62. The molecule has 0 unspecified atom stereocenters. The van der Waals surface area contributed by atoms with E-state index in [0.717, 1.165) is 49.3 Å². The number of nitrogens with zero attached hydrogens (tertiary/aromatic N) is 2. The summed E-state index contributed by atoms with van der Waals surface area (Å²) in [5.74, 6) is 0.247. The molecule has 0 spiro atoms. The van der Waals surface area contributed by atoms with Gasteiger partial charge in [-0.05, 0) is 61.3 Å². The van der Waals surface area contributed by atoms with Crippen LogP contribution in [0.15, 0.2) is 42.5 Å². The lowest BCUT2D eigenvalue weighted by Gasteiger charge is -2.31. The lowest BCUT2D eigenvalue weighted by molar-refractivity contribution is -0.126. The predicted molar refractivity (Wildman–Crippen MR) is 117 cm³/mol. The Kier molecular flexibility index (Phi) is 7.22. The fourth-order valence-electron chi connectivity index (χ4n) is 3.49. The molecule has 0 atom stereocenters. The third-order valence-electron chi connectivity index (χ3n) is 5.27. The number of piperidine rings is 1. The van der Waals surface area contributed by atoms with Crippen molar-refractivity contribution in [3.05, 3.63) is 63.6 Å². The van der Waals surface area contributed by atoms with E-state index in [0.29, 0.717) is 16.6 Å². The van der Waals surface area contributed by atoms with Crippen LogP contribution < -0.4 is 10.2 Å². The van der Waals surface area contributed by atoms with Crippen LogP contribution in [0.2, 0.25) is 10.0 Å². The summed E-state index contributed by atoms with van der Waals surface area (Å²) in [6.07, 6.45) is 1.76. The molecule has 0 radical (unpaired) electrons. The number of nitrogens with one attached hydrogen (secondary N) is 1. The van der Waals surface area contributed by atoms with Crippen LogP contribution in [0.4, 0.5) is 5.69 Å². The molecule has 3 rings (SSSR count). The monoisotopic (exact) mass is 419 g/mol. The zero-order valence-corrected chi connectivity index (χ0v) is 17.9. The lowest BCUT2D eigenvalue weighted by Crippen LogP contribution is -2.40. The first-order chi connectivity index (χ1) is 13.4. The number of carbonyl (C=O) groups excluding carboxylic acids is 1. The van der Waals surface area contributed by atoms with Crippen molar-refractivity contribution in [2.75, 3.05) is 32.1 Å². The van der Waals surface area contributed by atoms with Gasteiger partial charge in [0.25, 0.3) is 0 Å². The Labute approximate surface area is 177 Å². The minimum absolute atomic E-state index is 0.0890. The number of hydrogen-bond donors (Lipinski definition) is 1. The summed E-state index contributed by atoms with van der Waals surface area (Å²) in [7, 11) is 4.04. The molecule has 1 N–H and O–H groups in total. The summed E-state index contributed by atoms with van der Waals surface area (Å²) in [6.45, 7) is 3.24. The normalized spacial score (nSPS) is 15.4. The number of amides is 1. The standard InChI is InChI=1S/C22H27Cl2N3O/c1-26(2)19-6-3-16(4-7-19)14-25-22(28)18-9-11-27(12-10-18)15-17-5-8-20(23)21(24)13-17/h3-8,13,18H,9-12,14-15H2,1-2H3,(H,25,28). The minimum atomic E-state index is 0.0890. The van der Waals surface area contributed by atoms with E-state index in [1.165, 1.54) is 0 Å². The van der Waals surface area contributed by atoms with Crippen molar-refractivity contribution in [3.63, 3.8) is 0 Å². The van der Waals surface area contributed by atoms with Gasteiger partial charge in [0, 0.05) is 38.8 Å². The average molecular weight is 420 g/mol. The average Bonchev–Trinajstić information content (AvgIpc) is 2.70. The van der Waals surface area contributed by atoms with E-state index >= 15 is 0 Å². The van der Waals surface area contributed by atoms with Crippen molar-refractivity contribution in [3.8, 4) is 0 Å². The van der Waals surface area contributed by atoms with Gasteiger partial charge < -0.3 is 10.2 Å². The van der Waals surface area contributed by atoms with Crippen LogP contribution in [0.5, 0.6) is 0 Å². The smallest absolute Gasteiger partial charge is 0.223 e. The number of rotatable bonds is 6. The molecule has 2 aromatic carbocycles. The summed E-state index contributed by atoms with van der Waals surface area (Å²) < 4.78 is 0. The van der Waals surface area contributed by atoms with Crippen LogP contribution >= 0.6 is 23.2 Å². The maximum Gasteiger partial charge on any atom is 0.223 e. The van der Waals surface area contributed by atoms with Crippen molar-refractivity contribution in [2.24, 2.45) is 5.92 Å². The summed E-state index contributed by atoms with van der Waals surface area (Å²) in [5.41, 5.74) is 3.43. The Balaban J connectivity index is 1.43. The molecule has 1 aliphatic rings. The zero-order valence-electron chi connectivity index (χ0n) is 16.4. The Morgan fingerprint density at radius 2 is 1.68 bits per heavy atom. The van der Waals surface area contributed by atoms with Crippen molar-refractivity contribution in [1.29, 1.82) is 0 Å². The highest BCUT2D eigenvalue weighted by molar-refractivity contribution is 6.42. The second-order valence-electron chi connectivity index (χ2n) is 7.58. The maximum atomic E-state index is 12.5. The Morgan fingerprint density at radius 1 is 1.04 bits per heavy atom. The number of likely N-dealkylation sites (tertiary alicyclic amines) is 1. The first-order valence-corrected chi connectivity index (χ1v) is 10.4. The van der Waals surface area contributed by atoms with Gasteiger partial charge in [0.1, 0.15) is 0 Å². The highest BCUT2D eigenvalue weighted by atomic mass is 35.5. The number of carbonyl (C=O) groups is 1. The van der Waals surface area contributed by atoms with Gasteiger partial charge >= 0.3 is 0 Å². The van der Waals surface area contributed by atoms with Gasteiger partial charge in [-0.15, -0.1) is 0 Å². The molecule has 0 aliphatic carbocycles. The van der Waals surface area contributed by atoms with Gasteiger partial charge in [-0.1, -0.05) is 41.4 Å². The van der Waals surface area contributed by atoms with Crippen LogP contribution in [-0.4, -0.2) is 38.0 Å². The summed E-state index contributed by atoms with van der Waals surface area (Å²) in [5, 5.41) is 4.26. The van der Waals surface area contributed by atoms with Crippen LogP contribution in [-0.2, 0) is 17.9 Å². The maximum absolute atomic E-state index is 12.5. The van der Waals surface area contributed by atoms with Crippen LogP contribution in [0.25, 0.3) is 0 Å². The Hall–Kier alpha value is -1.75. The van der Waals surface area contributed by atoms with Crippen LogP contribution in [0.1, 0.15) is 24.0 Å². The molecule has 28 heavy (non-hydrogen) atoms. The minimum Gasteiger partial charge on any atom is -0.378 e. The van der Waals surface area contributed by atoms with Crippen molar-refractivity contribution < 1.29 is 4.79 Å². The molecule has 4 nitrogen and oxygen atoms in total. The zero-order chi connectivity index (χ0) is 20.1. The Morgan fingerprint density at radius 3 is 2.29 bits per heavy atom. The molecule has 2 aromatic rings. The van der Waals surface area contributed by atoms with Gasteiger partial charge in [-0.2, -0.15) is 0 Å². The molecule has 0 aromatic heterocycles. The van der Waals surface area contributed by atoms with Gasteiger partial charge in [0.15, 0.2) is 0 Å². The third-order valence-corrected chi connectivity index (χ3v) is 6.01. The molecular formula is C22H27Cl2N3O. The lowest BCUT2D eigenvalue weighted by atomic mass is 9.95. The molecule has 1 heterocycles. The highest BCUT2D eigenvalue weighted by Crippen LogP contribution is 2.25. The van der Waals surface area contributed by atoms with Gasteiger partial charge in [0.05, 0.1) is 10.0 Å². The fourth-order valence-corrected chi connectivity index (χ4v) is 3.82. The van der Waals surface area contributed by atoms with E-state index in [-0.39, 0.29) is 11.8 Å². The largest absolute Gasteiger partial charge is 0.378 e. The predicted octanol–water partition coefficient (Wildman–Crippen LogP) is 4.59. The van der Waals surface area contributed by atoms with Crippen molar-refractivity contribution >= 4 is 34.8 Å². The molecule has 1 aliphatic heterocycles. The van der Waals surface area contributed by atoms with Crippen molar-refractivity contribution in [2.45, 2.75) is 25.9 Å². The quantitative estimate of drug-likeness (QED) is 0.743. The first kappa shape index (κ1) is 21.0. The molecule has 6 heteroatoms. The molecule has 0 saturated carbocycles. The molecule has 1 saturated heterocycles. The molecule has 1 amide bonds. The van der Waals surface area contributed by atoms with Gasteiger partial charge in [0.2, 0.25) is 5.91 Å². The van der Waals surface area contributed by atoms with E-state index in [2.05, 4.69) is 39.4 Å². The molecule has 0 bridgehead atoms. The van der Waals surface area contributed by atoms with Crippen molar-refractivity contribution in [1.82, 2.24) is 10.2 Å². The summed E-state index contributed by atoms with van der Waals surface area (Å²) >= 11 is 12.1. The number of benzene rings is 2. The second-order valence-corrected chi connectivity index (χ2v) is 8.39. The van der Waals surface area contributed by atoms with E-state index in [1.54, 1.807) is 0 Å². The second kappa shape index (κ2) is 9.64. The SMILES string of the molecule is CN(C)c1ccc(CNC(=O)C2CCN(Cc3ccc(Cl)c(Cl)c3)CC2)cc1. The third kappa shape index (κ3) is 5.63.